The smallest absolute Gasteiger partial charge is 0.387 e. The molecule has 1 atom stereocenters. The van der Waals surface area contributed by atoms with Gasteiger partial charge in [-0.3, -0.25) is 9.79 Å². The number of hydrogen-bond donors (Lipinski definition) is 1. The number of aliphatic imine (C=N–C) groups is 1. The molecule has 2 saturated heterocycles. The Labute approximate surface area is 197 Å². The standard InChI is InChI=1S/C20H28F2N4O4.HI/c1-23-20(24-13-14-5-6-15(28-2)17(12-14)30-19(21)22)26-9-7-25(8-10-26)18(27)16-4-3-11-29-16;/h5-6,12,16,19H,3-4,7-11,13H2,1-2H3,(H,23,24);1H. The molecule has 8 nitrogen and oxygen atoms in total. The Bertz CT molecular complexity index is 755. The summed E-state index contributed by atoms with van der Waals surface area (Å²) in [5.74, 6) is 0.991. The molecule has 0 bridgehead atoms. The first-order chi connectivity index (χ1) is 14.5. The maximum absolute atomic E-state index is 12.6. The molecule has 1 N–H and O–H groups in total. The number of nitrogens with zero attached hydrogens (tertiary/aromatic N) is 3. The minimum atomic E-state index is -2.93. The van der Waals surface area contributed by atoms with Crippen molar-refractivity contribution in [3.05, 3.63) is 23.8 Å². The molecule has 11 heteroatoms. The molecule has 31 heavy (non-hydrogen) atoms. The van der Waals surface area contributed by atoms with Crippen molar-refractivity contribution in [2.75, 3.05) is 46.9 Å². The van der Waals surface area contributed by atoms with E-state index in [0.29, 0.717) is 45.3 Å². The maximum Gasteiger partial charge on any atom is 0.387 e. The van der Waals surface area contributed by atoms with Crippen LogP contribution < -0.4 is 14.8 Å². The van der Waals surface area contributed by atoms with E-state index < -0.39 is 6.61 Å². The van der Waals surface area contributed by atoms with Crippen LogP contribution in [0, 0.1) is 0 Å². The van der Waals surface area contributed by atoms with Crippen molar-refractivity contribution in [3.8, 4) is 11.5 Å². The van der Waals surface area contributed by atoms with E-state index in [1.807, 2.05) is 4.90 Å². The van der Waals surface area contributed by atoms with E-state index in [9.17, 15) is 13.6 Å². The summed E-state index contributed by atoms with van der Waals surface area (Å²) in [6.07, 6.45) is 1.43. The van der Waals surface area contributed by atoms with Crippen molar-refractivity contribution < 1.29 is 27.8 Å². The molecule has 1 unspecified atom stereocenters. The first-order valence-electron chi connectivity index (χ1n) is 9.99. The molecule has 0 radical (unpaired) electrons. The van der Waals surface area contributed by atoms with Crippen molar-refractivity contribution in [2.24, 2.45) is 4.99 Å². The van der Waals surface area contributed by atoms with Crippen LogP contribution in [0.25, 0.3) is 0 Å². The Balaban J connectivity index is 0.00000341. The summed E-state index contributed by atoms with van der Waals surface area (Å²) in [4.78, 5) is 20.7. The summed E-state index contributed by atoms with van der Waals surface area (Å²) >= 11 is 0. The minimum absolute atomic E-state index is 0. The second-order valence-electron chi connectivity index (χ2n) is 7.08. The number of guanidine groups is 1. The van der Waals surface area contributed by atoms with Gasteiger partial charge in [-0.05, 0) is 30.5 Å². The zero-order valence-corrected chi connectivity index (χ0v) is 20.0. The van der Waals surface area contributed by atoms with Gasteiger partial charge in [0, 0.05) is 46.4 Å². The fourth-order valence-corrected chi connectivity index (χ4v) is 3.65. The lowest BCUT2D eigenvalue weighted by molar-refractivity contribution is -0.142. The molecular weight excluding hydrogens is 525 g/mol. The maximum atomic E-state index is 12.6. The third-order valence-corrected chi connectivity index (χ3v) is 5.20. The monoisotopic (exact) mass is 554 g/mol. The Hall–Kier alpha value is -1.89. The summed E-state index contributed by atoms with van der Waals surface area (Å²) in [5, 5.41) is 3.24. The number of alkyl halides is 2. The molecule has 0 aromatic heterocycles. The van der Waals surface area contributed by atoms with Crippen molar-refractivity contribution in [3.63, 3.8) is 0 Å². The number of carbonyl (C=O) groups excluding carboxylic acids is 1. The molecular formula is C20H29F2IN4O4. The number of carbonyl (C=O) groups is 1. The third-order valence-electron chi connectivity index (χ3n) is 5.20. The molecule has 1 amide bonds. The molecule has 2 aliphatic rings. The zero-order chi connectivity index (χ0) is 21.5. The third kappa shape index (κ3) is 6.79. The topological polar surface area (TPSA) is 75.6 Å². The quantitative estimate of drug-likeness (QED) is 0.331. The molecule has 3 rings (SSSR count). The highest BCUT2D eigenvalue weighted by Gasteiger charge is 2.30. The number of ether oxygens (including phenoxy) is 3. The minimum Gasteiger partial charge on any atom is -0.493 e. The second-order valence-corrected chi connectivity index (χ2v) is 7.08. The van der Waals surface area contributed by atoms with E-state index in [0.717, 1.165) is 18.4 Å². The normalized spacial score (nSPS) is 19.3. The number of amides is 1. The van der Waals surface area contributed by atoms with E-state index in [1.165, 1.54) is 13.2 Å². The van der Waals surface area contributed by atoms with E-state index in [-0.39, 0.29) is 47.5 Å². The van der Waals surface area contributed by atoms with Gasteiger partial charge in [-0.2, -0.15) is 8.78 Å². The average Bonchev–Trinajstić information content (AvgIpc) is 3.29. The van der Waals surface area contributed by atoms with Crippen molar-refractivity contribution in [2.45, 2.75) is 32.1 Å². The molecule has 1 aromatic rings. The van der Waals surface area contributed by atoms with Crippen LogP contribution in [-0.2, 0) is 16.1 Å². The van der Waals surface area contributed by atoms with Crippen molar-refractivity contribution in [1.29, 1.82) is 0 Å². The fraction of sp³-hybridized carbons (Fsp3) is 0.600. The predicted octanol–water partition coefficient (Wildman–Crippen LogP) is 2.31. The molecule has 0 aliphatic carbocycles. The first kappa shape index (κ1) is 25.4. The van der Waals surface area contributed by atoms with Crippen LogP contribution in [0.1, 0.15) is 18.4 Å². The molecule has 0 spiro atoms. The Kier molecular flexibility index (Phi) is 10.0. The van der Waals surface area contributed by atoms with Gasteiger partial charge in [0.05, 0.1) is 7.11 Å². The lowest BCUT2D eigenvalue weighted by Crippen LogP contribution is -2.55. The Morgan fingerprint density at radius 3 is 2.55 bits per heavy atom. The molecule has 2 aliphatic heterocycles. The highest BCUT2D eigenvalue weighted by Crippen LogP contribution is 2.29. The molecule has 2 fully saturated rings. The summed E-state index contributed by atoms with van der Waals surface area (Å²) in [6, 6.07) is 4.88. The van der Waals surface area contributed by atoms with Crippen molar-refractivity contribution in [1.82, 2.24) is 15.1 Å². The largest absolute Gasteiger partial charge is 0.493 e. The average molecular weight is 554 g/mol. The SMILES string of the molecule is CN=C(NCc1ccc(OC)c(OC(F)F)c1)N1CCN(C(=O)C2CCCO2)CC1.I. The van der Waals surface area contributed by atoms with Gasteiger partial charge in [0.15, 0.2) is 17.5 Å². The summed E-state index contributed by atoms with van der Waals surface area (Å²) in [7, 11) is 3.09. The number of methoxy groups -OCH3 is 1. The molecule has 174 valence electrons. The van der Waals surface area contributed by atoms with Gasteiger partial charge in [-0.25, -0.2) is 0 Å². The van der Waals surface area contributed by atoms with Crippen LogP contribution in [0.5, 0.6) is 11.5 Å². The summed E-state index contributed by atoms with van der Waals surface area (Å²) in [6.45, 7) is 0.626. The van der Waals surface area contributed by atoms with Gasteiger partial charge in [0.2, 0.25) is 0 Å². The zero-order valence-electron chi connectivity index (χ0n) is 17.7. The van der Waals surface area contributed by atoms with E-state index in [1.54, 1.807) is 19.2 Å². The summed E-state index contributed by atoms with van der Waals surface area (Å²) < 4.78 is 40.3. The predicted molar refractivity (Wildman–Crippen MR) is 122 cm³/mol. The number of piperazine rings is 1. The van der Waals surface area contributed by atoms with Crippen LogP contribution in [0.15, 0.2) is 23.2 Å². The van der Waals surface area contributed by atoms with E-state index >= 15 is 0 Å². The Morgan fingerprint density at radius 2 is 1.97 bits per heavy atom. The van der Waals surface area contributed by atoms with Gasteiger partial charge in [-0.1, -0.05) is 6.07 Å². The molecule has 0 saturated carbocycles. The van der Waals surface area contributed by atoms with Gasteiger partial charge < -0.3 is 29.3 Å². The van der Waals surface area contributed by atoms with E-state index in [4.69, 9.17) is 9.47 Å². The fourth-order valence-electron chi connectivity index (χ4n) is 3.65. The Morgan fingerprint density at radius 1 is 1.26 bits per heavy atom. The van der Waals surface area contributed by atoms with Crippen LogP contribution in [0.2, 0.25) is 0 Å². The van der Waals surface area contributed by atoms with Gasteiger partial charge in [-0.15, -0.1) is 24.0 Å². The highest BCUT2D eigenvalue weighted by atomic mass is 127. The van der Waals surface area contributed by atoms with Crippen LogP contribution in [-0.4, -0.2) is 81.3 Å². The number of hydrogen-bond acceptors (Lipinski definition) is 5. The number of benzene rings is 1. The van der Waals surface area contributed by atoms with Gasteiger partial charge >= 0.3 is 6.61 Å². The first-order valence-corrected chi connectivity index (χ1v) is 9.99. The lowest BCUT2D eigenvalue weighted by atomic mass is 10.2. The summed E-state index contributed by atoms with van der Waals surface area (Å²) in [5.41, 5.74) is 0.750. The second kappa shape index (κ2) is 12.2. The molecule has 1 aromatic carbocycles. The van der Waals surface area contributed by atoms with Gasteiger partial charge in [0.1, 0.15) is 6.10 Å². The van der Waals surface area contributed by atoms with Crippen LogP contribution >= 0.6 is 24.0 Å². The van der Waals surface area contributed by atoms with Gasteiger partial charge in [0.25, 0.3) is 5.91 Å². The lowest BCUT2D eigenvalue weighted by Gasteiger charge is -2.37. The highest BCUT2D eigenvalue weighted by molar-refractivity contribution is 14.0. The van der Waals surface area contributed by atoms with E-state index in [2.05, 4.69) is 19.9 Å². The number of nitrogens with one attached hydrogen (secondary N) is 1. The number of rotatable bonds is 6. The van der Waals surface area contributed by atoms with Crippen LogP contribution in [0.3, 0.4) is 0 Å². The molecule has 2 heterocycles. The van der Waals surface area contributed by atoms with Crippen LogP contribution in [0.4, 0.5) is 8.78 Å². The van der Waals surface area contributed by atoms with Crippen molar-refractivity contribution >= 4 is 35.8 Å². The number of halogens is 3.